The molecular formula is C12H18N2OS. The van der Waals surface area contributed by atoms with Gasteiger partial charge in [-0.2, -0.15) is 11.8 Å². The van der Waals surface area contributed by atoms with Crippen LogP contribution in [-0.2, 0) is 0 Å². The summed E-state index contributed by atoms with van der Waals surface area (Å²) in [4.78, 5) is 11.2. The van der Waals surface area contributed by atoms with Gasteiger partial charge in [0.1, 0.15) is 0 Å². The molecule has 88 valence electrons. The van der Waals surface area contributed by atoms with Crippen LogP contribution in [0.1, 0.15) is 24.2 Å². The molecule has 1 aromatic carbocycles. The van der Waals surface area contributed by atoms with E-state index in [1.165, 1.54) is 6.92 Å². The van der Waals surface area contributed by atoms with Crippen LogP contribution in [0, 0.1) is 0 Å². The molecule has 0 fully saturated rings. The van der Waals surface area contributed by atoms with Gasteiger partial charge in [0.05, 0.1) is 0 Å². The summed E-state index contributed by atoms with van der Waals surface area (Å²) in [5.41, 5.74) is 7.89. The lowest BCUT2D eigenvalue weighted by atomic mass is 10.1. The SMILES string of the molecule is CSCC(C)Nc1ccc(C(C)=O)c(N)c1. The Morgan fingerprint density at radius 2 is 2.25 bits per heavy atom. The van der Waals surface area contributed by atoms with Crippen LogP contribution >= 0.6 is 11.8 Å². The summed E-state index contributed by atoms with van der Waals surface area (Å²) < 4.78 is 0. The third-order valence-corrected chi connectivity index (χ3v) is 3.09. The van der Waals surface area contributed by atoms with E-state index >= 15 is 0 Å². The second-order valence-electron chi connectivity index (χ2n) is 3.86. The smallest absolute Gasteiger partial charge is 0.161 e. The van der Waals surface area contributed by atoms with Gasteiger partial charge in [0.25, 0.3) is 0 Å². The molecule has 3 N–H and O–H groups in total. The summed E-state index contributed by atoms with van der Waals surface area (Å²) in [6.45, 7) is 3.64. The molecule has 0 heterocycles. The van der Waals surface area contributed by atoms with E-state index in [0.29, 0.717) is 17.3 Å². The van der Waals surface area contributed by atoms with Crippen molar-refractivity contribution in [2.45, 2.75) is 19.9 Å². The van der Waals surface area contributed by atoms with Crippen LogP contribution in [0.2, 0.25) is 0 Å². The fourth-order valence-corrected chi connectivity index (χ4v) is 2.13. The number of carbonyl (C=O) groups excluding carboxylic acids is 1. The molecule has 1 aromatic rings. The lowest BCUT2D eigenvalue weighted by molar-refractivity contribution is 0.101. The van der Waals surface area contributed by atoms with Crippen molar-refractivity contribution in [1.29, 1.82) is 0 Å². The van der Waals surface area contributed by atoms with Crippen LogP contribution in [0.4, 0.5) is 11.4 Å². The van der Waals surface area contributed by atoms with Gasteiger partial charge in [-0.05, 0) is 38.3 Å². The maximum Gasteiger partial charge on any atom is 0.161 e. The zero-order valence-electron chi connectivity index (χ0n) is 9.91. The minimum Gasteiger partial charge on any atom is -0.398 e. The lowest BCUT2D eigenvalue weighted by Crippen LogP contribution is -2.17. The molecule has 1 atom stereocenters. The minimum absolute atomic E-state index is 0.00112. The fourth-order valence-electron chi connectivity index (χ4n) is 1.55. The van der Waals surface area contributed by atoms with Crippen molar-refractivity contribution in [3.05, 3.63) is 23.8 Å². The zero-order valence-corrected chi connectivity index (χ0v) is 10.7. The fraction of sp³-hybridized carbons (Fsp3) is 0.417. The molecule has 1 unspecified atom stereocenters. The van der Waals surface area contributed by atoms with Gasteiger partial charge in [0.2, 0.25) is 0 Å². The maximum absolute atomic E-state index is 11.2. The van der Waals surface area contributed by atoms with Crippen molar-refractivity contribution in [3.8, 4) is 0 Å². The Morgan fingerprint density at radius 3 is 2.75 bits per heavy atom. The second kappa shape index (κ2) is 5.80. The molecule has 0 aliphatic rings. The number of carbonyl (C=O) groups is 1. The molecule has 0 radical (unpaired) electrons. The highest BCUT2D eigenvalue weighted by molar-refractivity contribution is 7.98. The Kier molecular flexibility index (Phi) is 4.68. The van der Waals surface area contributed by atoms with Crippen molar-refractivity contribution >= 4 is 28.9 Å². The van der Waals surface area contributed by atoms with Gasteiger partial charge in [0, 0.05) is 28.7 Å². The summed E-state index contributed by atoms with van der Waals surface area (Å²) >= 11 is 1.79. The molecular weight excluding hydrogens is 220 g/mol. The molecule has 0 bridgehead atoms. The van der Waals surface area contributed by atoms with Crippen molar-refractivity contribution < 1.29 is 4.79 Å². The largest absolute Gasteiger partial charge is 0.398 e. The molecule has 3 nitrogen and oxygen atoms in total. The van der Waals surface area contributed by atoms with Crippen LogP contribution in [-0.4, -0.2) is 23.8 Å². The summed E-state index contributed by atoms with van der Waals surface area (Å²) in [5, 5.41) is 3.34. The average molecular weight is 238 g/mol. The molecule has 4 heteroatoms. The molecule has 1 rings (SSSR count). The Labute approximate surface area is 101 Å². The van der Waals surface area contributed by atoms with Gasteiger partial charge in [0.15, 0.2) is 5.78 Å². The third-order valence-electron chi connectivity index (χ3n) is 2.26. The topological polar surface area (TPSA) is 55.1 Å². The standard InChI is InChI=1S/C12H18N2OS/c1-8(7-16-3)14-10-4-5-11(9(2)15)12(13)6-10/h4-6,8,14H,7,13H2,1-3H3. The van der Waals surface area contributed by atoms with Crippen LogP contribution in [0.15, 0.2) is 18.2 Å². The van der Waals surface area contributed by atoms with Gasteiger partial charge >= 0.3 is 0 Å². The van der Waals surface area contributed by atoms with Gasteiger partial charge in [-0.3, -0.25) is 4.79 Å². The highest BCUT2D eigenvalue weighted by Gasteiger charge is 2.06. The predicted molar refractivity (Wildman–Crippen MR) is 72.3 cm³/mol. The summed E-state index contributed by atoms with van der Waals surface area (Å²) in [5.74, 6) is 1.04. The Bertz CT molecular complexity index is 379. The van der Waals surface area contributed by atoms with E-state index in [-0.39, 0.29) is 5.78 Å². The highest BCUT2D eigenvalue weighted by Crippen LogP contribution is 2.19. The molecule has 0 spiro atoms. The summed E-state index contributed by atoms with van der Waals surface area (Å²) in [6.07, 6.45) is 2.07. The highest BCUT2D eigenvalue weighted by atomic mass is 32.2. The van der Waals surface area contributed by atoms with Gasteiger partial charge in [-0.15, -0.1) is 0 Å². The molecule has 0 saturated carbocycles. The number of hydrogen-bond donors (Lipinski definition) is 2. The number of hydrogen-bond acceptors (Lipinski definition) is 4. The minimum atomic E-state index is 0.00112. The van der Waals surface area contributed by atoms with Crippen molar-refractivity contribution in [2.75, 3.05) is 23.1 Å². The molecule has 0 aliphatic carbocycles. The Hall–Kier alpha value is -1.16. The first kappa shape index (κ1) is 12.9. The number of nitrogens with one attached hydrogen (secondary N) is 1. The predicted octanol–water partition coefficient (Wildman–Crippen LogP) is 2.63. The van der Waals surface area contributed by atoms with Crippen LogP contribution < -0.4 is 11.1 Å². The number of nitrogen functional groups attached to an aromatic ring is 1. The number of benzene rings is 1. The third kappa shape index (κ3) is 3.45. The molecule has 0 aromatic heterocycles. The van der Waals surface area contributed by atoms with Gasteiger partial charge in [-0.25, -0.2) is 0 Å². The van der Waals surface area contributed by atoms with E-state index in [1.54, 1.807) is 17.8 Å². The van der Waals surface area contributed by atoms with Crippen LogP contribution in [0.25, 0.3) is 0 Å². The zero-order chi connectivity index (χ0) is 12.1. The monoisotopic (exact) mass is 238 g/mol. The van der Waals surface area contributed by atoms with Gasteiger partial charge in [-0.1, -0.05) is 0 Å². The van der Waals surface area contributed by atoms with Crippen molar-refractivity contribution in [1.82, 2.24) is 0 Å². The average Bonchev–Trinajstić information content (AvgIpc) is 2.17. The first-order valence-corrected chi connectivity index (χ1v) is 6.60. The van der Waals surface area contributed by atoms with Crippen molar-refractivity contribution in [3.63, 3.8) is 0 Å². The van der Waals surface area contributed by atoms with Crippen LogP contribution in [0.5, 0.6) is 0 Å². The van der Waals surface area contributed by atoms with E-state index < -0.39 is 0 Å². The first-order chi connectivity index (χ1) is 7.54. The molecule has 0 saturated heterocycles. The molecule has 0 amide bonds. The normalized spacial score (nSPS) is 12.2. The number of anilines is 2. The van der Waals surface area contributed by atoms with Crippen molar-refractivity contribution in [2.24, 2.45) is 0 Å². The van der Waals surface area contributed by atoms with E-state index in [4.69, 9.17) is 5.73 Å². The quantitative estimate of drug-likeness (QED) is 0.611. The number of nitrogens with two attached hydrogens (primary N) is 1. The Morgan fingerprint density at radius 1 is 1.56 bits per heavy atom. The number of ketones is 1. The van der Waals surface area contributed by atoms with E-state index in [1.807, 2.05) is 12.1 Å². The molecule has 0 aliphatic heterocycles. The maximum atomic E-state index is 11.2. The first-order valence-electron chi connectivity index (χ1n) is 5.20. The number of Topliss-reactive ketones (excluding diaryl/α,β-unsaturated/α-hetero) is 1. The van der Waals surface area contributed by atoms with Gasteiger partial charge < -0.3 is 11.1 Å². The van der Waals surface area contributed by atoms with E-state index in [0.717, 1.165) is 11.4 Å². The van der Waals surface area contributed by atoms with Crippen LogP contribution in [0.3, 0.4) is 0 Å². The number of thioether (sulfide) groups is 1. The second-order valence-corrected chi connectivity index (χ2v) is 4.77. The lowest BCUT2D eigenvalue weighted by Gasteiger charge is -2.15. The summed E-state index contributed by atoms with van der Waals surface area (Å²) in [7, 11) is 0. The number of rotatable bonds is 5. The molecule has 16 heavy (non-hydrogen) atoms. The summed E-state index contributed by atoms with van der Waals surface area (Å²) in [6, 6.07) is 5.86. The van der Waals surface area contributed by atoms with E-state index in [9.17, 15) is 4.79 Å². The van der Waals surface area contributed by atoms with E-state index in [2.05, 4.69) is 18.5 Å². The Balaban J connectivity index is 2.77.